The number of carboxylic acid groups (broad SMARTS) is 1. The molecule has 78 valence electrons. The monoisotopic (exact) mass is 270 g/mol. The van der Waals surface area contributed by atoms with Crippen molar-refractivity contribution in [2.24, 2.45) is 0 Å². The summed E-state index contributed by atoms with van der Waals surface area (Å²) in [7, 11) is 1.47. The number of imidazole rings is 1. The lowest BCUT2D eigenvalue weighted by Gasteiger charge is -1.96. The second-order valence-electron chi connectivity index (χ2n) is 2.90. The Morgan fingerprint density at radius 2 is 2.33 bits per heavy atom. The first-order valence-electron chi connectivity index (χ1n) is 4.08. The average molecular weight is 271 g/mol. The van der Waals surface area contributed by atoms with E-state index in [1.165, 1.54) is 13.2 Å². The summed E-state index contributed by atoms with van der Waals surface area (Å²) < 4.78 is 5.58. The molecule has 0 aliphatic rings. The summed E-state index contributed by atoms with van der Waals surface area (Å²) in [4.78, 5) is 17.8. The Morgan fingerprint density at radius 3 is 2.93 bits per heavy atom. The fourth-order valence-corrected chi connectivity index (χ4v) is 1.78. The van der Waals surface area contributed by atoms with E-state index >= 15 is 0 Å². The molecular weight excluding hydrogens is 264 g/mol. The first-order valence-corrected chi connectivity index (χ1v) is 4.87. The largest absolute Gasteiger partial charge is 0.478 e. The van der Waals surface area contributed by atoms with E-state index < -0.39 is 5.97 Å². The van der Waals surface area contributed by atoms with Crippen LogP contribution in [0.4, 0.5) is 0 Å². The number of benzene rings is 1. The number of rotatable bonds is 2. The van der Waals surface area contributed by atoms with Crippen LogP contribution in [-0.4, -0.2) is 28.2 Å². The molecule has 0 fully saturated rings. The van der Waals surface area contributed by atoms with Gasteiger partial charge in [-0.05, 0) is 12.1 Å². The Kier molecular flexibility index (Phi) is 2.36. The van der Waals surface area contributed by atoms with Crippen molar-refractivity contribution >= 4 is 32.9 Å². The van der Waals surface area contributed by atoms with Crippen molar-refractivity contribution in [2.75, 3.05) is 7.11 Å². The first kappa shape index (κ1) is 9.97. The molecule has 2 rings (SSSR count). The number of aromatic amines is 1. The molecule has 1 heterocycles. The summed E-state index contributed by atoms with van der Waals surface area (Å²) in [6.07, 6.45) is 0. The minimum absolute atomic E-state index is 0.138. The van der Waals surface area contributed by atoms with Gasteiger partial charge in [-0.3, -0.25) is 0 Å². The van der Waals surface area contributed by atoms with Crippen LogP contribution in [0.3, 0.4) is 0 Å². The van der Waals surface area contributed by atoms with Crippen LogP contribution in [0.15, 0.2) is 16.6 Å². The van der Waals surface area contributed by atoms with Crippen LogP contribution < -0.4 is 4.74 Å². The number of aromatic nitrogens is 2. The number of hydrogen-bond donors (Lipinski definition) is 2. The quantitative estimate of drug-likeness (QED) is 0.876. The zero-order valence-electron chi connectivity index (χ0n) is 7.74. The standard InChI is InChI=1S/C9H7BrN2O3/c1-15-9-11-6-3-4(10)2-5(8(13)14)7(6)12-9/h2-3H,1H3,(H,11,12)(H,13,14). The molecule has 2 N–H and O–H groups in total. The van der Waals surface area contributed by atoms with Crippen molar-refractivity contribution in [1.29, 1.82) is 0 Å². The molecule has 0 spiro atoms. The van der Waals surface area contributed by atoms with Crippen LogP contribution in [0.2, 0.25) is 0 Å². The topological polar surface area (TPSA) is 75.2 Å². The highest BCUT2D eigenvalue weighted by Crippen LogP contribution is 2.24. The van der Waals surface area contributed by atoms with Crippen molar-refractivity contribution in [2.45, 2.75) is 0 Å². The lowest BCUT2D eigenvalue weighted by atomic mass is 10.2. The maximum atomic E-state index is 10.9. The normalized spacial score (nSPS) is 10.5. The number of fused-ring (bicyclic) bond motifs is 1. The molecule has 1 aromatic carbocycles. The highest BCUT2D eigenvalue weighted by Gasteiger charge is 2.14. The number of methoxy groups -OCH3 is 1. The van der Waals surface area contributed by atoms with Gasteiger partial charge in [0.15, 0.2) is 0 Å². The zero-order chi connectivity index (χ0) is 11.0. The van der Waals surface area contributed by atoms with Gasteiger partial charge >= 0.3 is 5.97 Å². The van der Waals surface area contributed by atoms with Gasteiger partial charge in [-0.1, -0.05) is 15.9 Å². The van der Waals surface area contributed by atoms with Gasteiger partial charge in [0.1, 0.15) is 5.52 Å². The maximum Gasteiger partial charge on any atom is 0.338 e. The first-order chi connectivity index (χ1) is 7.11. The van der Waals surface area contributed by atoms with E-state index in [0.717, 1.165) is 0 Å². The van der Waals surface area contributed by atoms with Crippen LogP contribution in [0.25, 0.3) is 11.0 Å². The molecule has 1 aromatic heterocycles. The summed E-state index contributed by atoms with van der Waals surface area (Å²) in [6.45, 7) is 0. The Hall–Kier alpha value is -1.56. The van der Waals surface area contributed by atoms with Crippen LogP contribution >= 0.6 is 15.9 Å². The fraction of sp³-hybridized carbons (Fsp3) is 0.111. The predicted molar refractivity (Wildman–Crippen MR) is 57.3 cm³/mol. The Labute approximate surface area is 93.2 Å². The second kappa shape index (κ2) is 3.54. The summed E-state index contributed by atoms with van der Waals surface area (Å²) in [6, 6.07) is 3.55. The molecule has 0 saturated heterocycles. The summed E-state index contributed by atoms with van der Waals surface area (Å²) >= 11 is 3.23. The summed E-state index contributed by atoms with van der Waals surface area (Å²) in [5.41, 5.74) is 1.15. The molecule has 0 saturated carbocycles. The zero-order valence-corrected chi connectivity index (χ0v) is 9.33. The SMILES string of the molecule is COc1nc2c(C(=O)O)cc(Br)cc2[nH]1. The minimum atomic E-state index is -1.02. The van der Waals surface area contributed by atoms with E-state index in [4.69, 9.17) is 9.84 Å². The molecule has 0 aliphatic carbocycles. The molecule has 0 atom stereocenters. The summed E-state index contributed by atoms with van der Waals surface area (Å²) in [5, 5.41) is 8.97. The highest BCUT2D eigenvalue weighted by atomic mass is 79.9. The van der Waals surface area contributed by atoms with Crippen LogP contribution in [0.5, 0.6) is 6.01 Å². The molecule has 0 bridgehead atoms. The van der Waals surface area contributed by atoms with Crippen molar-refractivity contribution < 1.29 is 14.6 Å². The molecule has 0 amide bonds. The Balaban J connectivity index is 2.77. The van der Waals surface area contributed by atoms with Crippen molar-refractivity contribution in [1.82, 2.24) is 9.97 Å². The number of nitrogens with zero attached hydrogens (tertiary/aromatic N) is 1. The van der Waals surface area contributed by atoms with Crippen LogP contribution in [-0.2, 0) is 0 Å². The van der Waals surface area contributed by atoms with Crippen molar-refractivity contribution in [3.63, 3.8) is 0 Å². The van der Waals surface area contributed by atoms with Gasteiger partial charge in [-0.15, -0.1) is 0 Å². The molecule has 6 heteroatoms. The lowest BCUT2D eigenvalue weighted by molar-refractivity contribution is 0.0699. The van der Waals surface area contributed by atoms with Crippen LogP contribution in [0.1, 0.15) is 10.4 Å². The Bertz CT molecular complexity index is 535. The summed E-state index contributed by atoms with van der Waals surface area (Å²) in [5.74, 6) is -1.02. The smallest absolute Gasteiger partial charge is 0.338 e. The van der Waals surface area contributed by atoms with E-state index in [0.29, 0.717) is 21.5 Å². The van der Waals surface area contributed by atoms with Crippen molar-refractivity contribution in [3.8, 4) is 6.01 Å². The van der Waals surface area contributed by atoms with Gasteiger partial charge in [0.05, 0.1) is 18.2 Å². The molecule has 0 aliphatic heterocycles. The van der Waals surface area contributed by atoms with E-state index in [9.17, 15) is 4.79 Å². The van der Waals surface area contributed by atoms with Gasteiger partial charge in [0.25, 0.3) is 6.01 Å². The highest BCUT2D eigenvalue weighted by molar-refractivity contribution is 9.10. The number of hydrogen-bond acceptors (Lipinski definition) is 3. The molecule has 15 heavy (non-hydrogen) atoms. The molecule has 5 nitrogen and oxygen atoms in total. The third-order valence-corrected chi connectivity index (χ3v) is 2.41. The van der Waals surface area contributed by atoms with E-state index in [-0.39, 0.29) is 5.56 Å². The number of carboxylic acids is 1. The van der Waals surface area contributed by atoms with Crippen molar-refractivity contribution in [3.05, 3.63) is 22.2 Å². The average Bonchev–Trinajstić information content (AvgIpc) is 2.58. The lowest BCUT2D eigenvalue weighted by Crippen LogP contribution is -1.97. The number of aromatic carboxylic acids is 1. The molecule has 0 unspecified atom stereocenters. The number of ether oxygens (including phenoxy) is 1. The van der Waals surface area contributed by atoms with Gasteiger partial charge < -0.3 is 14.8 Å². The fourth-order valence-electron chi connectivity index (χ4n) is 1.32. The number of H-pyrrole nitrogens is 1. The molecule has 0 radical (unpaired) electrons. The third-order valence-electron chi connectivity index (χ3n) is 1.95. The predicted octanol–water partition coefficient (Wildman–Crippen LogP) is 2.03. The minimum Gasteiger partial charge on any atom is -0.478 e. The number of halogens is 1. The molecule has 2 aromatic rings. The van der Waals surface area contributed by atoms with Gasteiger partial charge in [0.2, 0.25) is 0 Å². The second-order valence-corrected chi connectivity index (χ2v) is 3.82. The number of carbonyl (C=O) groups is 1. The van der Waals surface area contributed by atoms with E-state index in [2.05, 4.69) is 25.9 Å². The van der Waals surface area contributed by atoms with Gasteiger partial charge in [0, 0.05) is 4.47 Å². The molecular formula is C9H7BrN2O3. The van der Waals surface area contributed by atoms with Crippen LogP contribution in [0, 0.1) is 0 Å². The number of nitrogens with one attached hydrogen (secondary N) is 1. The van der Waals surface area contributed by atoms with E-state index in [1.54, 1.807) is 6.07 Å². The van der Waals surface area contributed by atoms with Gasteiger partial charge in [-0.25, -0.2) is 4.79 Å². The maximum absolute atomic E-state index is 10.9. The van der Waals surface area contributed by atoms with Gasteiger partial charge in [-0.2, -0.15) is 4.98 Å². The third kappa shape index (κ3) is 1.68. The van der Waals surface area contributed by atoms with E-state index in [1.807, 2.05) is 0 Å². The Morgan fingerprint density at radius 1 is 1.60 bits per heavy atom.